The zero-order valence-corrected chi connectivity index (χ0v) is 15.8. The van der Waals surface area contributed by atoms with Gasteiger partial charge in [-0.2, -0.15) is 5.10 Å². The molecule has 0 aliphatic carbocycles. The van der Waals surface area contributed by atoms with Crippen molar-refractivity contribution < 1.29 is 0 Å². The van der Waals surface area contributed by atoms with Crippen LogP contribution in [0.3, 0.4) is 0 Å². The number of halogens is 2. The summed E-state index contributed by atoms with van der Waals surface area (Å²) in [6.45, 7) is 7.22. The molecule has 1 unspecified atom stereocenters. The summed E-state index contributed by atoms with van der Waals surface area (Å²) in [4.78, 5) is 0. The quantitative estimate of drug-likeness (QED) is 0.739. The summed E-state index contributed by atoms with van der Waals surface area (Å²) in [7, 11) is 1.89. The Labute approximate surface area is 145 Å². The predicted molar refractivity (Wildman–Crippen MR) is 97.0 cm³/mol. The van der Waals surface area contributed by atoms with Gasteiger partial charge in [-0.1, -0.05) is 36.7 Å². The average molecular weight is 418 g/mol. The molecule has 21 heavy (non-hydrogen) atoms. The zero-order valence-electron chi connectivity index (χ0n) is 12.9. The lowest BCUT2D eigenvalue weighted by Gasteiger charge is -2.21. The van der Waals surface area contributed by atoms with Crippen LogP contribution in [0, 0.1) is 17.4 Å². The minimum Gasteiger partial charge on any atom is -0.310 e. The molecule has 114 valence electrons. The highest BCUT2D eigenvalue weighted by atomic mass is 127. The highest BCUT2D eigenvalue weighted by Crippen LogP contribution is 2.29. The van der Waals surface area contributed by atoms with Crippen molar-refractivity contribution in [1.29, 1.82) is 0 Å². The van der Waals surface area contributed by atoms with Crippen molar-refractivity contribution in [3.8, 4) is 0 Å². The molecular weight excluding hydrogens is 397 g/mol. The van der Waals surface area contributed by atoms with Gasteiger partial charge in [0, 0.05) is 22.2 Å². The normalized spacial score (nSPS) is 12.7. The molecule has 2 rings (SSSR count). The third kappa shape index (κ3) is 3.60. The van der Waals surface area contributed by atoms with Gasteiger partial charge >= 0.3 is 0 Å². The summed E-state index contributed by atoms with van der Waals surface area (Å²) in [5.41, 5.74) is 4.78. The van der Waals surface area contributed by atoms with Gasteiger partial charge in [0.15, 0.2) is 0 Å². The standard InChI is InChI=1S/C16H21ClIN3/c1-5-19-14(12-8-6-7-10(2)15(12)18)9-13-11(3)20-21(4)16(13)17/h6-8,14,19H,5,9H2,1-4H3. The molecule has 0 radical (unpaired) electrons. The number of hydrogen-bond acceptors (Lipinski definition) is 2. The summed E-state index contributed by atoms with van der Waals surface area (Å²) < 4.78 is 3.06. The highest BCUT2D eigenvalue weighted by Gasteiger charge is 2.20. The largest absolute Gasteiger partial charge is 0.310 e. The van der Waals surface area contributed by atoms with Crippen molar-refractivity contribution in [2.24, 2.45) is 7.05 Å². The first kappa shape index (κ1) is 16.8. The minimum absolute atomic E-state index is 0.252. The Bertz CT molecular complexity index is 637. The molecule has 5 heteroatoms. The molecule has 0 bridgehead atoms. The molecule has 0 aliphatic heterocycles. The second-order valence-electron chi connectivity index (χ2n) is 5.27. The van der Waals surface area contributed by atoms with Crippen LogP contribution in [0.4, 0.5) is 0 Å². The van der Waals surface area contributed by atoms with Crippen LogP contribution in [0.1, 0.15) is 35.3 Å². The molecule has 1 aromatic heterocycles. The van der Waals surface area contributed by atoms with Crippen LogP contribution in [-0.2, 0) is 13.5 Å². The topological polar surface area (TPSA) is 29.9 Å². The fraction of sp³-hybridized carbons (Fsp3) is 0.438. The third-order valence-corrected chi connectivity index (χ3v) is 5.67. The summed E-state index contributed by atoms with van der Waals surface area (Å²) in [6.07, 6.45) is 0.853. The highest BCUT2D eigenvalue weighted by molar-refractivity contribution is 14.1. The predicted octanol–water partition coefficient (Wildman–Crippen LogP) is 4.19. The molecule has 0 saturated heterocycles. The monoisotopic (exact) mass is 417 g/mol. The maximum Gasteiger partial charge on any atom is 0.130 e. The Balaban J connectivity index is 2.38. The van der Waals surface area contributed by atoms with E-state index in [0.717, 1.165) is 29.4 Å². The summed E-state index contributed by atoms with van der Waals surface area (Å²) >= 11 is 8.82. The van der Waals surface area contributed by atoms with Crippen LogP contribution >= 0.6 is 34.2 Å². The van der Waals surface area contributed by atoms with Gasteiger partial charge in [0.05, 0.1) is 5.69 Å². The van der Waals surface area contributed by atoms with Crippen LogP contribution in [0.5, 0.6) is 0 Å². The van der Waals surface area contributed by atoms with Gasteiger partial charge in [-0.25, -0.2) is 0 Å². The first-order valence-electron chi connectivity index (χ1n) is 7.12. The Kier molecular flexibility index (Phi) is 5.68. The Morgan fingerprint density at radius 1 is 1.38 bits per heavy atom. The van der Waals surface area contributed by atoms with Gasteiger partial charge in [0.2, 0.25) is 0 Å². The van der Waals surface area contributed by atoms with Crippen LogP contribution < -0.4 is 5.32 Å². The van der Waals surface area contributed by atoms with E-state index >= 15 is 0 Å². The van der Waals surface area contributed by atoms with Crippen LogP contribution in [-0.4, -0.2) is 16.3 Å². The van der Waals surface area contributed by atoms with E-state index in [2.05, 4.69) is 65.1 Å². The maximum atomic E-state index is 6.39. The summed E-state index contributed by atoms with van der Waals surface area (Å²) in [5.74, 6) is 0. The van der Waals surface area contributed by atoms with Crippen molar-refractivity contribution in [2.45, 2.75) is 33.2 Å². The molecule has 1 heterocycles. The van der Waals surface area contributed by atoms with Gasteiger partial charge < -0.3 is 5.32 Å². The maximum absolute atomic E-state index is 6.39. The number of likely N-dealkylation sites (N-methyl/N-ethyl adjacent to an activating group) is 1. The SMILES string of the molecule is CCNC(Cc1c(C)nn(C)c1Cl)c1cccc(C)c1I. The number of nitrogens with one attached hydrogen (secondary N) is 1. The molecule has 1 atom stereocenters. The van der Waals surface area contributed by atoms with Crippen LogP contribution in [0.2, 0.25) is 5.15 Å². The molecule has 3 nitrogen and oxygen atoms in total. The van der Waals surface area contributed by atoms with E-state index < -0.39 is 0 Å². The van der Waals surface area contributed by atoms with E-state index in [0.29, 0.717) is 0 Å². The lowest BCUT2D eigenvalue weighted by Crippen LogP contribution is -2.24. The first-order valence-corrected chi connectivity index (χ1v) is 8.57. The first-order chi connectivity index (χ1) is 9.95. The van der Waals surface area contributed by atoms with E-state index in [1.54, 1.807) is 4.68 Å². The molecule has 0 fully saturated rings. The van der Waals surface area contributed by atoms with Gasteiger partial charge in [0.1, 0.15) is 5.15 Å². The van der Waals surface area contributed by atoms with Crippen LogP contribution in [0.15, 0.2) is 18.2 Å². The number of aryl methyl sites for hydroxylation is 3. The van der Waals surface area contributed by atoms with E-state index in [1.807, 2.05) is 14.0 Å². The number of aromatic nitrogens is 2. The second kappa shape index (κ2) is 7.11. The fourth-order valence-corrected chi connectivity index (χ4v) is 3.57. The van der Waals surface area contributed by atoms with Crippen LogP contribution in [0.25, 0.3) is 0 Å². The van der Waals surface area contributed by atoms with Crippen molar-refractivity contribution >= 4 is 34.2 Å². The van der Waals surface area contributed by atoms with Gasteiger partial charge in [-0.3, -0.25) is 4.68 Å². The van der Waals surface area contributed by atoms with E-state index in [1.165, 1.54) is 14.7 Å². The Morgan fingerprint density at radius 3 is 2.67 bits per heavy atom. The fourth-order valence-electron chi connectivity index (χ4n) is 2.59. The molecule has 1 N–H and O–H groups in total. The Hall–Kier alpha value is -0.590. The third-order valence-electron chi connectivity index (χ3n) is 3.73. The van der Waals surface area contributed by atoms with Crippen molar-refractivity contribution in [3.63, 3.8) is 0 Å². The van der Waals surface area contributed by atoms with E-state index in [4.69, 9.17) is 11.6 Å². The molecule has 0 saturated carbocycles. The molecular formula is C16H21ClIN3. The smallest absolute Gasteiger partial charge is 0.130 e. The summed E-state index contributed by atoms with van der Waals surface area (Å²) in [6, 6.07) is 6.72. The molecule has 0 spiro atoms. The van der Waals surface area contributed by atoms with Crippen molar-refractivity contribution in [3.05, 3.63) is 49.3 Å². The van der Waals surface area contributed by atoms with Gasteiger partial charge in [-0.05, 0) is 60.5 Å². The summed E-state index contributed by atoms with van der Waals surface area (Å²) in [5, 5.41) is 8.73. The number of benzene rings is 1. The number of rotatable bonds is 5. The van der Waals surface area contributed by atoms with Gasteiger partial charge in [-0.15, -0.1) is 0 Å². The lowest BCUT2D eigenvalue weighted by molar-refractivity contribution is 0.546. The average Bonchev–Trinajstić information content (AvgIpc) is 2.68. The lowest BCUT2D eigenvalue weighted by atomic mass is 9.98. The van der Waals surface area contributed by atoms with E-state index in [-0.39, 0.29) is 6.04 Å². The molecule has 0 aliphatic rings. The number of nitrogens with zero attached hydrogens (tertiary/aromatic N) is 2. The molecule has 2 aromatic rings. The molecule has 0 amide bonds. The molecule has 1 aromatic carbocycles. The van der Waals surface area contributed by atoms with Crippen molar-refractivity contribution in [2.75, 3.05) is 6.54 Å². The zero-order chi connectivity index (χ0) is 15.6. The van der Waals surface area contributed by atoms with E-state index in [9.17, 15) is 0 Å². The van der Waals surface area contributed by atoms with Gasteiger partial charge in [0.25, 0.3) is 0 Å². The second-order valence-corrected chi connectivity index (χ2v) is 6.71. The van der Waals surface area contributed by atoms with Crippen molar-refractivity contribution in [1.82, 2.24) is 15.1 Å². The Morgan fingerprint density at radius 2 is 2.10 bits per heavy atom. The number of hydrogen-bond donors (Lipinski definition) is 1. The minimum atomic E-state index is 0.252.